The maximum Gasteiger partial charge on any atom is 0.228 e. The zero-order chi connectivity index (χ0) is 20.7. The first kappa shape index (κ1) is 18.2. The molecule has 1 amide bonds. The zero-order valence-corrected chi connectivity index (χ0v) is 16.9. The maximum absolute atomic E-state index is 12.8. The number of rotatable bonds is 4. The Bertz CT molecular complexity index is 1390. The Balaban J connectivity index is 1.41. The van der Waals surface area contributed by atoms with Crippen LogP contribution in [0.2, 0.25) is 0 Å². The molecule has 5 rings (SSSR count). The molecule has 0 aliphatic carbocycles. The van der Waals surface area contributed by atoms with Gasteiger partial charge in [0.25, 0.3) is 0 Å². The molecule has 0 aliphatic heterocycles. The number of amides is 1. The van der Waals surface area contributed by atoms with Crippen LogP contribution in [0.3, 0.4) is 0 Å². The SMILES string of the molecule is Cc1ccc(-c2cn3cccc(C)c3n2)cc1NC(=O)Cc1c[nH]c2ccccc12. The fraction of sp³-hybridized carbons (Fsp3) is 0.120. The Morgan fingerprint density at radius 2 is 1.93 bits per heavy atom. The number of aromatic amines is 1. The summed E-state index contributed by atoms with van der Waals surface area (Å²) in [4.78, 5) is 20.8. The number of nitrogens with one attached hydrogen (secondary N) is 2. The van der Waals surface area contributed by atoms with Crippen LogP contribution in [0.4, 0.5) is 5.69 Å². The largest absolute Gasteiger partial charge is 0.361 e. The number of anilines is 1. The molecule has 0 radical (unpaired) electrons. The van der Waals surface area contributed by atoms with E-state index in [-0.39, 0.29) is 5.91 Å². The van der Waals surface area contributed by atoms with Crippen molar-refractivity contribution in [2.45, 2.75) is 20.3 Å². The molecular weight excluding hydrogens is 372 g/mol. The Labute approximate surface area is 174 Å². The lowest BCUT2D eigenvalue weighted by atomic mass is 10.1. The quantitative estimate of drug-likeness (QED) is 0.436. The van der Waals surface area contributed by atoms with Gasteiger partial charge in [-0.1, -0.05) is 36.4 Å². The van der Waals surface area contributed by atoms with Gasteiger partial charge in [0, 0.05) is 40.7 Å². The highest BCUT2D eigenvalue weighted by molar-refractivity contribution is 5.96. The number of pyridine rings is 1. The van der Waals surface area contributed by atoms with Crippen LogP contribution >= 0.6 is 0 Å². The van der Waals surface area contributed by atoms with Crippen LogP contribution in [0.15, 0.2) is 73.2 Å². The van der Waals surface area contributed by atoms with Gasteiger partial charge in [-0.15, -0.1) is 0 Å². The second kappa shape index (κ2) is 7.19. The molecule has 3 heterocycles. The lowest BCUT2D eigenvalue weighted by Crippen LogP contribution is -2.15. The zero-order valence-electron chi connectivity index (χ0n) is 16.9. The number of H-pyrrole nitrogens is 1. The van der Waals surface area contributed by atoms with Crippen LogP contribution < -0.4 is 5.32 Å². The topological polar surface area (TPSA) is 62.2 Å². The van der Waals surface area contributed by atoms with Crippen molar-refractivity contribution >= 4 is 28.1 Å². The highest BCUT2D eigenvalue weighted by atomic mass is 16.1. The van der Waals surface area contributed by atoms with E-state index in [1.165, 1.54) is 0 Å². The minimum atomic E-state index is -0.0363. The van der Waals surface area contributed by atoms with Gasteiger partial charge < -0.3 is 14.7 Å². The number of aryl methyl sites for hydroxylation is 2. The van der Waals surface area contributed by atoms with Crippen LogP contribution in [-0.4, -0.2) is 20.3 Å². The fourth-order valence-electron chi connectivity index (χ4n) is 3.85. The van der Waals surface area contributed by atoms with Gasteiger partial charge in [0.15, 0.2) is 0 Å². The number of imidazole rings is 1. The van der Waals surface area contributed by atoms with Gasteiger partial charge in [0.05, 0.1) is 12.1 Å². The predicted molar refractivity (Wildman–Crippen MR) is 121 cm³/mol. The van der Waals surface area contributed by atoms with E-state index in [0.29, 0.717) is 6.42 Å². The Morgan fingerprint density at radius 3 is 2.80 bits per heavy atom. The molecule has 2 N–H and O–H groups in total. The van der Waals surface area contributed by atoms with E-state index in [4.69, 9.17) is 4.98 Å². The monoisotopic (exact) mass is 394 g/mol. The lowest BCUT2D eigenvalue weighted by molar-refractivity contribution is -0.115. The average Bonchev–Trinajstić information content (AvgIpc) is 3.35. The third-order valence-electron chi connectivity index (χ3n) is 5.51. The van der Waals surface area contributed by atoms with Crippen molar-refractivity contribution in [3.8, 4) is 11.3 Å². The third kappa shape index (κ3) is 3.24. The van der Waals surface area contributed by atoms with Crippen molar-refractivity contribution in [1.29, 1.82) is 0 Å². The van der Waals surface area contributed by atoms with Crippen LogP contribution in [0.1, 0.15) is 16.7 Å². The van der Waals surface area contributed by atoms with Gasteiger partial charge in [-0.05, 0) is 48.7 Å². The molecule has 0 spiro atoms. The molecule has 5 heteroatoms. The summed E-state index contributed by atoms with van der Waals surface area (Å²) in [5.41, 5.74) is 7.80. The first-order valence-electron chi connectivity index (χ1n) is 9.99. The molecule has 0 bridgehead atoms. The van der Waals surface area contributed by atoms with Gasteiger partial charge in [-0.2, -0.15) is 0 Å². The first-order chi connectivity index (χ1) is 14.6. The summed E-state index contributed by atoms with van der Waals surface area (Å²) < 4.78 is 2.03. The Hall–Kier alpha value is -3.86. The van der Waals surface area contributed by atoms with E-state index in [0.717, 1.165) is 50.2 Å². The van der Waals surface area contributed by atoms with E-state index in [2.05, 4.69) is 23.3 Å². The summed E-state index contributed by atoms with van der Waals surface area (Å²) in [6, 6.07) is 18.2. The summed E-state index contributed by atoms with van der Waals surface area (Å²) >= 11 is 0. The molecule has 0 unspecified atom stereocenters. The van der Waals surface area contributed by atoms with Crippen LogP contribution in [-0.2, 0) is 11.2 Å². The third-order valence-corrected chi connectivity index (χ3v) is 5.51. The maximum atomic E-state index is 12.8. The highest BCUT2D eigenvalue weighted by Crippen LogP contribution is 2.26. The molecule has 0 saturated heterocycles. The number of hydrogen-bond acceptors (Lipinski definition) is 2. The predicted octanol–water partition coefficient (Wildman–Crippen LogP) is 5.28. The number of carbonyl (C=O) groups excluding carboxylic acids is 1. The minimum Gasteiger partial charge on any atom is -0.361 e. The molecule has 2 aromatic carbocycles. The lowest BCUT2D eigenvalue weighted by Gasteiger charge is -2.10. The molecule has 148 valence electrons. The summed E-state index contributed by atoms with van der Waals surface area (Å²) in [6.07, 6.45) is 6.25. The molecule has 0 atom stereocenters. The summed E-state index contributed by atoms with van der Waals surface area (Å²) in [6.45, 7) is 4.05. The van der Waals surface area contributed by atoms with E-state index in [1.807, 2.05) is 78.4 Å². The van der Waals surface area contributed by atoms with Crippen LogP contribution in [0.5, 0.6) is 0 Å². The van der Waals surface area contributed by atoms with Gasteiger partial charge in [0.1, 0.15) is 5.65 Å². The minimum absolute atomic E-state index is 0.0363. The number of fused-ring (bicyclic) bond motifs is 2. The summed E-state index contributed by atoms with van der Waals surface area (Å²) in [5.74, 6) is -0.0363. The van der Waals surface area contributed by atoms with Crippen LogP contribution in [0, 0.1) is 13.8 Å². The molecule has 0 saturated carbocycles. The number of nitrogens with zero attached hydrogens (tertiary/aromatic N) is 2. The van der Waals surface area contributed by atoms with Crippen molar-refractivity contribution < 1.29 is 4.79 Å². The fourth-order valence-corrected chi connectivity index (χ4v) is 3.85. The smallest absolute Gasteiger partial charge is 0.228 e. The molecule has 3 aromatic heterocycles. The summed E-state index contributed by atoms with van der Waals surface area (Å²) in [5, 5.41) is 4.16. The van der Waals surface area contributed by atoms with Crippen molar-refractivity contribution in [2.75, 3.05) is 5.32 Å². The van der Waals surface area contributed by atoms with Crippen molar-refractivity contribution in [1.82, 2.24) is 14.4 Å². The molecule has 30 heavy (non-hydrogen) atoms. The van der Waals surface area contributed by atoms with Gasteiger partial charge >= 0.3 is 0 Å². The number of carbonyl (C=O) groups is 1. The number of hydrogen-bond donors (Lipinski definition) is 2. The van der Waals surface area contributed by atoms with Gasteiger partial charge in [-0.25, -0.2) is 4.98 Å². The second-order valence-electron chi connectivity index (χ2n) is 7.66. The van der Waals surface area contributed by atoms with Gasteiger partial charge in [-0.3, -0.25) is 4.79 Å². The van der Waals surface area contributed by atoms with E-state index < -0.39 is 0 Å². The molecule has 0 aliphatic rings. The highest BCUT2D eigenvalue weighted by Gasteiger charge is 2.12. The van der Waals surface area contributed by atoms with Crippen molar-refractivity contribution in [3.63, 3.8) is 0 Å². The molecule has 5 nitrogen and oxygen atoms in total. The normalized spacial score (nSPS) is 11.3. The molecular formula is C25H22N4O. The Morgan fingerprint density at radius 1 is 1.07 bits per heavy atom. The first-order valence-corrected chi connectivity index (χ1v) is 9.99. The molecule has 5 aromatic rings. The Kier molecular flexibility index (Phi) is 4.36. The van der Waals surface area contributed by atoms with Crippen molar-refractivity contribution in [3.05, 3.63) is 89.9 Å². The number of para-hydroxylation sites is 1. The average molecular weight is 394 g/mol. The van der Waals surface area contributed by atoms with Crippen molar-refractivity contribution in [2.24, 2.45) is 0 Å². The van der Waals surface area contributed by atoms with E-state index in [1.54, 1.807) is 0 Å². The summed E-state index contributed by atoms with van der Waals surface area (Å²) in [7, 11) is 0. The second-order valence-corrected chi connectivity index (χ2v) is 7.66. The molecule has 0 fully saturated rings. The standard InChI is InChI=1S/C25H22N4O/c1-16-9-10-18(23-15-29-11-5-6-17(2)25(29)28-23)12-22(16)27-24(30)13-19-14-26-21-8-4-3-7-20(19)21/h3-12,14-15,26H,13H2,1-2H3,(H,27,30). The van der Waals surface area contributed by atoms with E-state index >= 15 is 0 Å². The van der Waals surface area contributed by atoms with Crippen LogP contribution in [0.25, 0.3) is 27.8 Å². The number of aromatic nitrogens is 3. The van der Waals surface area contributed by atoms with Gasteiger partial charge in [0.2, 0.25) is 5.91 Å². The van der Waals surface area contributed by atoms with E-state index in [9.17, 15) is 4.79 Å². The number of benzene rings is 2.